The molecule has 0 atom stereocenters. The van der Waals surface area contributed by atoms with E-state index < -0.39 is 0 Å². The van der Waals surface area contributed by atoms with E-state index in [2.05, 4.69) is 175 Å². The summed E-state index contributed by atoms with van der Waals surface area (Å²) >= 11 is 1.85. The Morgan fingerprint density at radius 2 is 1.14 bits per heavy atom. The molecule has 0 saturated heterocycles. The van der Waals surface area contributed by atoms with Crippen molar-refractivity contribution in [3.63, 3.8) is 0 Å². The van der Waals surface area contributed by atoms with Crippen LogP contribution in [0.15, 0.2) is 180 Å². The van der Waals surface area contributed by atoms with Gasteiger partial charge in [0.2, 0.25) is 0 Å². The minimum absolute atomic E-state index is 0.901. The van der Waals surface area contributed by atoms with Crippen LogP contribution in [0, 0.1) is 0 Å². The molecule has 0 spiro atoms. The number of fused-ring (bicyclic) bond motifs is 7. The fourth-order valence-electron chi connectivity index (χ4n) is 7.35. The number of nitrogens with zero attached hydrogens (tertiary/aromatic N) is 1. The number of rotatable bonds is 5. The topological polar surface area (TPSA) is 16.4 Å². The van der Waals surface area contributed by atoms with Crippen molar-refractivity contribution in [3.8, 4) is 22.3 Å². The molecule has 0 unspecified atom stereocenters. The Labute approximate surface area is 287 Å². The molecule has 49 heavy (non-hydrogen) atoms. The number of anilines is 3. The first-order valence-corrected chi connectivity index (χ1v) is 17.4. The molecule has 0 amide bonds. The normalized spacial score (nSPS) is 11.7. The SMILES string of the molecule is c1ccc(-c2cc(-c3cccc4c3oc3ccccc34)cc(N(c3ccc4ccccc4c3)c3cccc4sc5ccccc5c34)c2)cc1. The summed E-state index contributed by atoms with van der Waals surface area (Å²) in [5.41, 5.74) is 9.65. The lowest BCUT2D eigenvalue weighted by Crippen LogP contribution is -2.11. The molecule has 230 valence electrons. The van der Waals surface area contributed by atoms with Crippen molar-refractivity contribution in [1.29, 1.82) is 0 Å². The van der Waals surface area contributed by atoms with Crippen LogP contribution in [0.3, 0.4) is 0 Å². The zero-order valence-corrected chi connectivity index (χ0v) is 27.3. The van der Waals surface area contributed by atoms with E-state index in [1.165, 1.54) is 36.5 Å². The second-order valence-electron chi connectivity index (χ2n) is 12.5. The molecule has 0 fully saturated rings. The first kappa shape index (κ1) is 27.9. The molecule has 0 bridgehead atoms. The van der Waals surface area contributed by atoms with Gasteiger partial charge < -0.3 is 9.32 Å². The number of para-hydroxylation sites is 2. The van der Waals surface area contributed by atoms with Gasteiger partial charge in [-0.05, 0) is 82.1 Å². The number of furan rings is 1. The van der Waals surface area contributed by atoms with Crippen molar-refractivity contribution in [2.24, 2.45) is 0 Å². The van der Waals surface area contributed by atoms with Gasteiger partial charge in [-0.25, -0.2) is 0 Å². The van der Waals surface area contributed by atoms with E-state index in [0.29, 0.717) is 0 Å². The Bertz CT molecular complexity index is 2840. The van der Waals surface area contributed by atoms with Gasteiger partial charge in [-0.2, -0.15) is 0 Å². The van der Waals surface area contributed by atoms with Crippen LogP contribution in [0.1, 0.15) is 0 Å². The summed E-state index contributed by atoms with van der Waals surface area (Å²) in [5, 5.41) is 7.23. The van der Waals surface area contributed by atoms with Gasteiger partial charge in [0.15, 0.2) is 0 Å². The monoisotopic (exact) mass is 643 g/mol. The van der Waals surface area contributed by atoms with Crippen LogP contribution in [0.25, 0.3) is 75.1 Å². The molecular formula is C46H29NOS. The molecule has 10 aromatic rings. The summed E-state index contributed by atoms with van der Waals surface area (Å²) in [6, 6.07) is 63.3. The Kier molecular flexibility index (Phi) is 6.39. The Morgan fingerprint density at radius 1 is 0.429 bits per heavy atom. The van der Waals surface area contributed by atoms with Crippen molar-refractivity contribution < 1.29 is 4.42 Å². The summed E-state index contributed by atoms with van der Waals surface area (Å²) in [7, 11) is 0. The maximum Gasteiger partial charge on any atom is 0.143 e. The minimum Gasteiger partial charge on any atom is -0.455 e. The van der Waals surface area contributed by atoms with E-state index in [9.17, 15) is 0 Å². The molecule has 8 aromatic carbocycles. The third-order valence-corrected chi connectivity index (χ3v) is 10.7. The molecule has 0 radical (unpaired) electrons. The zero-order valence-electron chi connectivity index (χ0n) is 26.5. The van der Waals surface area contributed by atoms with Gasteiger partial charge in [0.1, 0.15) is 11.2 Å². The van der Waals surface area contributed by atoms with E-state index in [-0.39, 0.29) is 0 Å². The fourth-order valence-corrected chi connectivity index (χ4v) is 8.48. The Morgan fingerprint density at radius 3 is 2.06 bits per heavy atom. The smallest absolute Gasteiger partial charge is 0.143 e. The van der Waals surface area contributed by atoms with E-state index in [1.807, 2.05) is 17.4 Å². The lowest BCUT2D eigenvalue weighted by molar-refractivity contribution is 0.670. The highest BCUT2D eigenvalue weighted by Gasteiger charge is 2.21. The molecule has 0 saturated carbocycles. The van der Waals surface area contributed by atoms with E-state index in [1.54, 1.807) is 0 Å². The van der Waals surface area contributed by atoms with Gasteiger partial charge in [-0.3, -0.25) is 0 Å². The van der Waals surface area contributed by atoms with Crippen molar-refractivity contribution in [3.05, 3.63) is 176 Å². The average molecular weight is 644 g/mol. The van der Waals surface area contributed by atoms with Crippen LogP contribution >= 0.6 is 11.3 Å². The molecule has 2 aromatic heterocycles. The van der Waals surface area contributed by atoms with Gasteiger partial charge in [0.25, 0.3) is 0 Å². The predicted molar refractivity (Wildman–Crippen MR) is 210 cm³/mol. The molecule has 2 heterocycles. The Balaban J connectivity index is 1.29. The van der Waals surface area contributed by atoms with Crippen LogP contribution in [0.4, 0.5) is 17.1 Å². The standard InChI is InChI=1S/C46H29NOS/c1-2-12-30(13-3-1)33-26-34(37-18-10-19-39-38-16-6-8-21-42(38)48-46(37)39)29-36(28-33)47(35-25-24-31-14-4-5-15-32(31)27-35)41-20-11-23-44-45(41)40-17-7-9-22-43(40)49-44/h1-29H. The van der Waals surface area contributed by atoms with E-state index in [4.69, 9.17) is 4.42 Å². The maximum atomic E-state index is 6.58. The minimum atomic E-state index is 0.901. The summed E-state index contributed by atoms with van der Waals surface area (Å²) in [5.74, 6) is 0. The fraction of sp³-hybridized carbons (Fsp3) is 0. The number of thiophene rings is 1. The molecule has 0 aliphatic carbocycles. The van der Waals surface area contributed by atoms with Gasteiger partial charge in [-0.1, -0.05) is 121 Å². The number of benzene rings is 8. The summed E-state index contributed by atoms with van der Waals surface area (Å²) in [4.78, 5) is 2.45. The zero-order chi connectivity index (χ0) is 32.3. The summed E-state index contributed by atoms with van der Waals surface area (Å²) in [6.45, 7) is 0. The van der Waals surface area contributed by atoms with Crippen LogP contribution in [-0.2, 0) is 0 Å². The number of hydrogen-bond acceptors (Lipinski definition) is 3. The van der Waals surface area contributed by atoms with Gasteiger partial charge >= 0.3 is 0 Å². The lowest BCUT2D eigenvalue weighted by Gasteiger charge is -2.28. The maximum absolute atomic E-state index is 6.58. The van der Waals surface area contributed by atoms with Crippen LogP contribution in [-0.4, -0.2) is 0 Å². The van der Waals surface area contributed by atoms with Crippen molar-refractivity contribution in [1.82, 2.24) is 0 Å². The Hall–Kier alpha value is -6.16. The summed E-state index contributed by atoms with van der Waals surface area (Å²) < 4.78 is 9.15. The van der Waals surface area contributed by atoms with Crippen molar-refractivity contribution in [2.75, 3.05) is 4.90 Å². The van der Waals surface area contributed by atoms with Crippen LogP contribution < -0.4 is 4.90 Å². The molecule has 0 N–H and O–H groups in total. The van der Waals surface area contributed by atoms with Crippen LogP contribution in [0.5, 0.6) is 0 Å². The highest BCUT2D eigenvalue weighted by Crippen LogP contribution is 2.47. The predicted octanol–water partition coefficient (Wildman–Crippen LogP) is 13.9. The third kappa shape index (κ3) is 4.62. The summed E-state index contributed by atoms with van der Waals surface area (Å²) in [6.07, 6.45) is 0. The quantitative estimate of drug-likeness (QED) is 0.186. The number of hydrogen-bond donors (Lipinski definition) is 0. The first-order chi connectivity index (χ1) is 24.3. The van der Waals surface area contributed by atoms with Crippen LogP contribution in [0.2, 0.25) is 0 Å². The lowest BCUT2D eigenvalue weighted by atomic mass is 9.95. The molecule has 10 rings (SSSR count). The molecular weight excluding hydrogens is 615 g/mol. The largest absolute Gasteiger partial charge is 0.455 e. The van der Waals surface area contributed by atoms with Crippen molar-refractivity contribution >= 4 is 81.3 Å². The third-order valence-electron chi connectivity index (χ3n) is 9.61. The van der Waals surface area contributed by atoms with E-state index in [0.717, 1.165) is 55.7 Å². The van der Waals surface area contributed by atoms with E-state index >= 15 is 0 Å². The second-order valence-corrected chi connectivity index (χ2v) is 13.6. The second kappa shape index (κ2) is 11.2. The molecule has 0 aliphatic rings. The highest BCUT2D eigenvalue weighted by molar-refractivity contribution is 7.26. The molecule has 3 heteroatoms. The molecule has 2 nitrogen and oxygen atoms in total. The van der Waals surface area contributed by atoms with Crippen molar-refractivity contribution in [2.45, 2.75) is 0 Å². The highest BCUT2D eigenvalue weighted by atomic mass is 32.1. The van der Waals surface area contributed by atoms with Gasteiger partial charge in [0.05, 0.1) is 5.69 Å². The van der Waals surface area contributed by atoms with Gasteiger partial charge in [-0.15, -0.1) is 11.3 Å². The average Bonchev–Trinajstić information content (AvgIpc) is 3.74. The molecule has 0 aliphatic heterocycles. The van der Waals surface area contributed by atoms with Gasteiger partial charge in [0, 0.05) is 47.9 Å². The first-order valence-electron chi connectivity index (χ1n) is 16.6.